The highest BCUT2D eigenvalue weighted by molar-refractivity contribution is 5.07. The molecule has 0 aliphatic carbocycles. The number of hydrogen-bond acceptors (Lipinski definition) is 1. The summed E-state index contributed by atoms with van der Waals surface area (Å²) < 4.78 is 0. The van der Waals surface area contributed by atoms with E-state index in [0.717, 1.165) is 13.0 Å². The lowest BCUT2D eigenvalue weighted by atomic mass is 9.93. The van der Waals surface area contributed by atoms with Crippen LogP contribution in [0.25, 0.3) is 0 Å². The molecule has 0 aliphatic rings. The average Bonchev–Trinajstić information content (AvgIpc) is 1.84. The van der Waals surface area contributed by atoms with E-state index in [-0.39, 0.29) is 0 Å². The third kappa shape index (κ3) is 6.11. The highest BCUT2D eigenvalue weighted by atomic mass is 14.8. The topological polar surface area (TPSA) is 12.0 Å². The molecule has 66 valence electrons. The molecule has 0 aromatic rings. The summed E-state index contributed by atoms with van der Waals surface area (Å²) in [7, 11) is 1.99. The number of nitrogens with one attached hydrogen (secondary N) is 1. The third-order valence-electron chi connectivity index (χ3n) is 1.50. The molecule has 1 N–H and O–H groups in total. The van der Waals surface area contributed by atoms with Gasteiger partial charge in [0.05, 0.1) is 0 Å². The van der Waals surface area contributed by atoms with Gasteiger partial charge in [-0.2, -0.15) is 0 Å². The molecule has 0 aromatic heterocycles. The Morgan fingerprint density at radius 2 is 1.91 bits per heavy atom. The minimum Gasteiger partial charge on any atom is -0.316 e. The number of allylic oxidation sites excluding steroid dienone is 1. The first-order chi connectivity index (χ1) is 4.99. The van der Waals surface area contributed by atoms with Crippen molar-refractivity contribution < 1.29 is 0 Å². The summed E-state index contributed by atoms with van der Waals surface area (Å²) in [5, 5.41) is 3.17. The zero-order valence-corrected chi connectivity index (χ0v) is 8.49. The maximum atomic E-state index is 3.17. The molecule has 1 heteroatoms. The normalized spacial score (nSPS) is 13.7. The molecule has 0 aromatic carbocycles. The first kappa shape index (κ1) is 10.7. The summed E-state index contributed by atoms with van der Waals surface area (Å²) >= 11 is 0. The highest BCUT2D eigenvalue weighted by Gasteiger charge is 2.06. The fraction of sp³-hybridized carbons (Fsp3) is 0.800. The lowest BCUT2D eigenvalue weighted by Crippen LogP contribution is -2.12. The minimum absolute atomic E-state index is 0.322. The van der Waals surface area contributed by atoms with Crippen LogP contribution in [-0.4, -0.2) is 13.6 Å². The van der Waals surface area contributed by atoms with Gasteiger partial charge in [-0.05, 0) is 18.9 Å². The summed E-state index contributed by atoms with van der Waals surface area (Å²) in [5.41, 5.74) is 1.82. The highest BCUT2D eigenvalue weighted by Crippen LogP contribution is 2.18. The lowest BCUT2D eigenvalue weighted by molar-refractivity contribution is 0.535. The zero-order chi connectivity index (χ0) is 8.91. The monoisotopic (exact) mass is 155 g/mol. The fourth-order valence-electron chi connectivity index (χ4n) is 1.12. The van der Waals surface area contributed by atoms with Crippen LogP contribution in [0, 0.1) is 5.41 Å². The molecule has 0 atom stereocenters. The second kappa shape index (κ2) is 4.55. The summed E-state index contributed by atoms with van der Waals surface area (Å²) in [6.45, 7) is 9.93. The van der Waals surface area contributed by atoms with Crippen LogP contribution < -0.4 is 5.32 Å². The van der Waals surface area contributed by atoms with Gasteiger partial charge in [-0.25, -0.2) is 0 Å². The predicted molar refractivity (Wildman–Crippen MR) is 51.8 cm³/mol. The van der Waals surface area contributed by atoms with Crippen LogP contribution in [0.15, 0.2) is 11.6 Å². The van der Waals surface area contributed by atoms with Crippen LogP contribution in [-0.2, 0) is 0 Å². The van der Waals surface area contributed by atoms with Crippen LogP contribution in [0.2, 0.25) is 0 Å². The minimum atomic E-state index is 0.322. The smallest absolute Gasteiger partial charge is 0.0161 e. The van der Waals surface area contributed by atoms with Crippen LogP contribution >= 0.6 is 0 Å². The van der Waals surface area contributed by atoms with Gasteiger partial charge in [0, 0.05) is 6.54 Å². The van der Waals surface area contributed by atoms with E-state index in [1.54, 1.807) is 0 Å². The lowest BCUT2D eigenvalue weighted by Gasteiger charge is -2.15. The molecule has 0 aliphatic heterocycles. The number of hydrogen-bond donors (Lipinski definition) is 1. The van der Waals surface area contributed by atoms with Gasteiger partial charge in [0.1, 0.15) is 0 Å². The van der Waals surface area contributed by atoms with E-state index >= 15 is 0 Å². The van der Waals surface area contributed by atoms with Crippen LogP contribution in [0.1, 0.15) is 34.1 Å². The van der Waals surface area contributed by atoms with Gasteiger partial charge in [-0.15, -0.1) is 0 Å². The van der Waals surface area contributed by atoms with Gasteiger partial charge >= 0.3 is 0 Å². The van der Waals surface area contributed by atoms with Crippen molar-refractivity contribution in [1.29, 1.82) is 0 Å². The van der Waals surface area contributed by atoms with Gasteiger partial charge in [-0.3, -0.25) is 0 Å². The van der Waals surface area contributed by atoms with Gasteiger partial charge < -0.3 is 5.32 Å². The summed E-state index contributed by atoms with van der Waals surface area (Å²) in [6, 6.07) is 0. The SMILES string of the molecule is CC/C(=C\C(C)(C)C)CNC. The molecule has 1 nitrogen and oxygen atoms in total. The van der Waals surface area contributed by atoms with E-state index < -0.39 is 0 Å². The standard InChI is InChI=1S/C10H21N/c1-6-9(8-11-5)7-10(2,3)4/h7,11H,6,8H2,1-5H3/b9-7+. The van der Waals surface area contributed by atoms with Crippen molar-refractivity contribution in [3.8, 4) is 0 Å². The molecule has 11 heavy (non-hydrogen) atoms. The van der Waals surface area contributed by atoms with Gasteiger partial charge in [0.2, 0.25) is 0 Å². The number of rotatable bonds is 3. The molecule has 0 bridgehead atoms. The van der Waals surface area contributed by atoms with Crippen LogP contribution in [0.5, 0.6) is 0 Å². The molecule has 0 saturated carbocycles. The van der Waals surface area contributed by atoms with E-state index in [1.807, 2.05) is 7.05 Å². The Kier molecular flexibility index (Phi) is 4.43. The molecule has 0 heterocycles. The van der Waals surface area contributed by atoms with E-state index in [9.17, 15) is 0 Å². The fourth-order valence-corrected chi connectivity index (χ4v) is 1.12. The molecule has 0 saturated heterocycles. The van der Waals surface area contributed by atoms with Crippen molar-refractivity contribution in [3.63, 3.8) is 0 Å². The van der Waals surface area contributed by atoms with Crippen LogP contribution in [0.4, 0.5) is 0 Å². The quantitative estimate of drug-likeness (QED) is 0.618. The largest absolute Gasteiger partial charge is 0.316 e. The Balaban J connectivity index is 4.11. The average molecular weight is 155 g/mol. The second-order valence-electron chi connectivity index (χ2n) is 4.05. The van der Waals surface area contributed by atoms with Crippen LogP contribution in [0.3, 0.4) is 0 Å². The molecular formula is C10H21N. The Bertz CT molecular complexity index is 128. The molecule has 0 fully saturated rings. The van der Waals surface area contributed by atoms with E-state index in [1.165, 1.54) is 5.57 Å². The molecule has 0 spiro atoms. The first-order valence-corrected chi connectivity index (χ1v) is 4.35. The molecule has 0 rings (SSSR count). The third-order valence-corrected chi connectivity index (χ3v) is 1.50. The van der Waals surface area contributed by atoms with Crippen molar-refractivity contribution in [2.24, 2.45) is 5.41 Å². The Hall–Kier alpha value is -0.300. The predicted octanol–water partition coefficient (Wildman–Crippen LogP) is 2.59. The molecular weight excluding hydrogens is 134 g/mol. The van der Waals surface area contributed by atoms with Crippen molar-refractivity contribution >= 4 is 0 Å². The van der Waals surface area contributed by atoms with Crippen molar-refractivity contribution in [1.82, 2.24) is 5.32 Å². The summed E-state index contributed by atoms with van der Waals surface area (Å²) in [5.74, 6) is 0. The molecule has 0 amide bonds. The van der Waals surface area contributed by atoms with Crippen molar-refractivity contribution in [2.75, 3.05) is 13.6 Å². The second-order valence-corrected chi connectivity index (χ2v) is 4.05. The first-order valence-electron chi connectivity index (χ1n) is 4.35. The van der Waals surface area contributed by atoms with Gasteiger partial charge in [0.15, 0.2) is 0 Å². The van der Waals surface area contributed by atoms with Gasteiger partial charge in [-0.1, -0.05) is 39.3 Å². The number of likely N-dealkylation sites (N-methyl/N-ethyl adjacent to an activating group) is 1. The summed E-state index contributed by atoms with van der Waals surface area (Å²) in [4.78, 5) is 0. The van der Waals surface area contributed by atoms with E-state index in [2.05, 4.69) is 39.1 Å². The molecule has 0 unspecified atom stereocenters. The zero-order valence-electron chi connectivity index (χ0n) is 8.49. The summed E-state index contributed by atoms with van der Waals surface area (Å²) in [6.07, 6.45) is 3.50. The Morgan fingerprint density at radius 1 is 1.36 bits per heavy atom. The van der Waals surface area contributed by atoms with Crippen molar-refractivity contribution in [2.45, 2.75) is 34.1 Å². The van der Waals surface area contributed by atoms with E-state index in [0.29, 0.717) is 5.41 Å². The van der Waals surface area contributed by atoms with E-state index in [4.69, 9.17) is 0 Å². The van der Waals surface area contributed by atoms with Gasteiger partial charge in [0.25, 0.3) is 0 Å². The Labute approximate surface area is 70.9 Å². The Morgan fingerprint density at radius 3 is 2.18 bits per heavy atom. The maximum Gasteiger partial charge on any atom is 0.0161 e. The maximum absolute atomic E-state index is 3.17. The molecule has 0 radical (unpaired) electrons. The van der Waals surface area contributed by atoms with Crippen molar-refractivity contribution in [3.05, 3.63) is 11.6 Å².